The highest BCUT2D eigenvalue weighted by Gasteiger charge is 2.47. The van der Waals surface area contributed by atoms with Crippen molar-refractivity contribution in [3.05, 3.63) is 65.5 Å². The Morgan fingerprint density at radius 1 is 1.22 bits per heavy atom. The number of nitriles is 1. The molecular formula is C27H24F2N4O3. The van der Waals surface area contributed by atoms with Crippen LogP contribution in [0.5, 0.6) is 5.88 Å². The van der Waals surface area contributed by atoms with E-state index in [9.17, 15) is 18.4 Å². The second-order valence-electron chi connectivity index (χ2n) is 8.70. The molecule has 1 aliphatic heterocycles. The smallest absolute Gasteiger partial charge is 0.268 e. The van der Waals surface area contributed by atoms with Gasteiger partial charge in [0.1, 0.15) is 6.04 Å². The second kappa shape index (κ2) is 10.2. The molecule has 0 unspecified atom stereocenters. The number of rotatable bonds is 7. The summed E-state index contributed by atoms with van der Waals surface area (Å²) in [6.45, 7) is 1.15. The van der Waals surface area contributed by atoms with Crippen LogP contribution in [0.1, 0.15) is 47.7 Å². The zero-order valence-corrected chi connectivity index (χ0v) is 19.9. The molecule has 1 aliphatic rings. The summed E-state index contributed by atoms with van der Waals surface area (Å²) in [5, 5.41) is 9.75. The molecule has 0 aliphatic carbocycles. The van der Waals surface area contributed by atoms with Crippen molar-refractivity contribution in [3.8, 4) is 11.9 Å². The van der Waals surface area contributed by atoms with Gasteiger partial charge >= 0.3 is 0 Å². The number of halogens is 2. The van der Waals surface area contributed by atoms with Crippen LogP contribution in [0.25, 0.3) is 22.6 Å². The first kappa shape index (κ1) is 24.9. The minimum absolute atomic E-state index is 0.158. The van der Waals surface area contributed by atoms with Gasteiger partial charge in [0.25, 0.3) is 5.92 Å². The molecule has 3 aromatic rings. The summed E-state index contributed by atoms with van der Waals surface area (Å²) in [4.78, 5) is 35.0. The van der Waals surface area contributed by atoms with E-state index in [1.807, 2.05) is 37.3 Å². The third-order valence-electron chi connectivity index (χ3n) is 6.15. The van der Waals surface area contributed by atoms with Gasteiger partial charge in [0.2, 0.25) is 11.8 Å². The molecule has 9 heteroatoms. The average Bonchev–Trinajstić information content (AvgIpc) is 3.21. The monoisotopic (exact) mass is 490 g/mol. The molecule has 1 amide bonds. The zero-order valence-electron chi connectivity index (χ0n) is 19.9. The van der Waals surface area contributed by atoms with Crippen molar-refractivity contribution in [2.75, 3.05) is 13.7 Å². The van der Waals surface area contributed by atoms with Crippen LogP contribution >= 0.6 is 0 Å². The molecule has 1 atom stereocenters. The fourth-order valence-corrected chi connectivity index (χ4v) is 4.26. The zero-order chi connectivity index (χ0) is 25.9. The first-order valence-corrected chi connectivity index (χ1v) is 11.4. The number of carbonyl (C=O) groups excluding carboxylic acids is 2. The fourth-order valence-electron chi connectivity index (χ4n) is 4.26. The van der Waals surface area contributed by atoms with Gasteiger partial charge in [-0.15, -0.1) is 0 Å². The molecule has 0 saturated carbocycles. The van der Waals surface area contributed by atoms with Crippen LogP contribution in [0, 0.1) is 11.3 Å². The average molecular weight is 491 g/mol. The molecule has 2 aromatic heterocycles. The number of ketones is 1. The number of hydrogen-bond acceptors (Lipinski definition) is 6. The number of hydrogen-bond donors (Lipinski definition) is 0. The van der Waals surface area contributed by atoms with Gasteiger partial charge in [-0.3, -0.25) is 14.6 Å². The predicted octanol–water partition coefficient (Wildman–Crippen LogP) is 4.92. The third-order valence-corrected chi connectivity index (χ3v) is 6.15. The molecule has 7 nitrogen and oxygen atoms in total. The van der Waals surface area contributed by atoms with Crippen molar-refractivity contribution in [3.63, 3.8) is 0 Å². The van der Waals surface area contributed by atoms with Gasteiger partial charge < -0.3 is 9.64 Å². The van der Waals surface area contributed by atoms with Gasteiger partial charge in [-0.1, -0.05) is 6.07 Å². The lowest BCUT2D eigenvalue weighted by atomic mass is 9.97. The number of nitrogens with zero attached hydrogens (tertiary/aromatic N) is 4. The van der Waals surface area contributed by atoms with E-state index in [-0.39, 0.29) is 18.6 Å². The number of alkyl halides is 2. The minimum Gasteiger partial charge on any atom is -0.481 e. The Morgan fingerprint density at radius 2 is 2.03 bits per heavy atom. The van der Waals surface area contributed by atoms with Gasteiger partial charge in [-0.25, -0.2) is 13.8 Å². The van der Waals surface area contributed by atoms with Crippen molar-refractivity contribution in [2.24, 2.45) is 0 Å². The lowest BCUT2D eigenvalue weighted by Gasteiger charge is -2.18. The molecule has 4 rings (SSSR count). The van der Waals surface area contributed by atoms with Gasteiger partial charge in [-0.2, -0.15) is 5.26 Å². The van der Waals surface area contributed by atoms with E-state index >= 15 is 0 Å². The molecule has 1 saturated heterocycles. The van der Waals surface area contributed by atoms with Crippen molar-refractivity contribution in [1.29, 1.82) is 5.26 Å². The summed E-state index contributed by atoms with van der Waals surface area (Å²) in [5.41, 5.74) is 3.74. The number of carbonyl (C=O) groups is 2. The highest BCUT2D eigenvalue weighted by Crippen LogP contribution is 2.32. The molecule has 0 spiro atoms. The number of aromatic nitrogens is 2. The molecule has 0 bridgehead atoms. The van der Waals surface area contributed by atoms with Crippen molar-refractivity contribution in [2.45, 2.75) is 38.2 Å². The number of fused-ring (bicyclic) bond motifs is 1. The van der Waals surface area contributed by atoms with Crippen LogP contribution in [-0.4, -0.2) is 52.2 Å². The molecule has 0 radical (unpaired) electrons. The van der Waals surface area contributed by atoms with E-state index in [2.05, 4.69) is 9.97 Å². The van der Waals surface area contributed by atoms with Crippen molar-refractivity contribution >= 4 is 34.2 Å². The summed E-state index contributed by atoms with van der Waals surface area (Å²) in [6.07, 6.45) is 4.09. The van der Waals surface area contributed by atoms with E-state index in [0.717, 1.165) is 21.6 Å². The Kier molecular flexibility index (Phi) is 7.06. The number of benzene rings is 1. The second-order valence-corrected chi connectivity index (χ2v) is 8.70. The van der Waals surface area contributed by atoms with Gasteiger partial charge in [-0.05, 0) is 54.0 Å². The number of amides is 1. The molecule has 3 heterocycles. The van der Waals surface area contributed by atoms with E-state index in [4.69, 9.17) is 10.00 Å². The van der Waals surface area contributed by atoms with Crippen LogP contribution in [0.3, 0.4) is 0 Å². The molecule has 36 heavy (non-hydrogen) atoms. The summed E-state index contributed by atoms with van der Waals surface area (Å²) < 4.78 is 32.4. The summed E-state index contributed by atoms with van der Waals surface area (Å²) >= 11 is 0. The quantitative estimate of drug-likeness (QED) is 0.436. The maximum Gasteiger partial charge on any atom is 0.268 e. The number of likely N-dealkylation sites (tertiary alicyclic amines) is 1. The number of ether oxygens (including phenoxy) is 1. The Morgan fingerprint density at radius 3 is 2.72 bits per heavy atom. The number of pyridine rings is 2. The van der Waals surface area contributed by atoms with E-state index in [1.165, 1.54) is 6.20 Å². The normalized spacial score (nSPS) is 17.1. The van der Waals surface area contributed by atoms with Gasteiger partial charge in [0, 0.05) is 48.7 Å². The van der Waals surface area contributed by atoms with Gasteiger partial charge in [0.15, 0.2) is 5.78 Å². The summed E-state index contributed by atoms with van der Waals surface area (Å²) in [5.74, 6) is -3.50. The molecule has 184 valence electrons. The number of Topliss-reactive ketones (excluding diaryl/α,β-unsaturated/α-hetero) is 1. The van der Waals surface area contributed by atoms with Gasteiger partial charge in [0.05, 0.1) is 25.2 Å². The summed E-state index contributed by atoms with van der Waals surface area (Å²) in [6, 6.07) is 11.4. The Hall–Kier alpha value is -4.19. The first-order chi connectivity index (χ1) is 17.2. The number of methoxy groups -OCH3 is 1. The van der Waals surface area contributed by atoms with Crippen LogP contribution in [0.15, 0.2) is 48.8 Å². The van der Waals surface area contributed by atoms with Crippen LogP contribution in [0.4, 0.5) is 8.78 Å². The Labute approximate surface area is 207 Å². The third kappa shape index (κ3) is 5.38. The van der Waals surface area contributed by atoms with Crippen LogP contribution in [0.2, 0.25) is 0 Å². The largest absolute Gasteiger partial charge is 0.481 e. The van der Waals surface area contributed by atoms with E-state index < -0.39 is 30.8 Å². The van der Waals surface area contributed by atoms with Crippen LogP contribution < -0.4 is 4.74 Å². The first-order valence-electron chi connectivity index (χ1n) is 11.4. The van der Waals surface area contributed by atoms with E-state index in [0.29, 0.717) is 22.3 Å². The van der Waals surface area contributed by atoms with Crippen molar-refractivity contribution in [1.82, 2.24) is 14.9 Å². The highest BCUT2D eigenvalue weighted by molar-refractivity contribution is 6.08. The Bertz CT molecular complexity index is 1380. The molecular weight excluding hydrogens is 466 g/mol. The summed E-state index contributed by atoms with van der Waals surface area (Å²) in [7, 11) is 1.55. The number of allylic oxidation sites excluding steroid dienone is 1. The SMILES string of the molecule is COc1ccc(/C=C(\C)c2ccc3nccc(C(=O)CCC(=O)N4CC(F)(F)C[C@H]4C#N)c3c2)cn1. The van der Waals surface area contributed by atoms with Crippen molar-refractivity contribution < 1.29 is 23.1 Å². The topological polar surface area (TPSA) is 96.2 Å². The molecule has 0 N–H and O–H groups in total. The lowest BCUT2D eigenvalue weighted by Crippen LogP contribution is -2.36. The predicted molar refractivity (Wildman–Crippen MR) is 130 cm³/mol. The lowest BCUT2D eigenvalue weighted by molar-refractivity contribution is -0.132. The Balaban J connectivity index is 1.53. The van der Waals surface area contributed by atoms with E-state index in [1.54, 1.807) is 31.5 Å². The molecule has 1 fully saturated rings. The highest BCUT2D eigenvalue weighted by atomic mass is 19.3. The standard InChI is InChI=1S/C27H24F2N4O3/c1-17(11-18-3-7-25(36-2)32-15-18)19-4-5-23-22(12-19)21(9-10-31-23)24(34)6-8-26(35)33-16-27(28,29)13-20(33)14-30/h3-5,7,9-12,15,20H,6,8,13,16H2,1-2H3/b17-11+/t20-/m0/s1. The fraction of sp³-hybridized carbons (Fsp3) is 0.296. The minimum atomic E-state index is -3.09. The van der Waals surface area contributed by atoms with Crippen LogP contribution in [-0.2, 0) is 4.79 Å². The molecule has 1 aromatic carbocycles. The maximum absolute atomic E-state index is 13.7. The maximum atomic E-state index is 13.7.